The summed E-state index contributed by atoms with van der Waals surface area (Å²) in [7, 11) is 1.55. The molecule has 0 aliphatic rings. The van der Waals surface area contributed by atoms with Gasteiger partial charge in [0, 0.05) is 7.05 Å². The van der Waals surface area contributed by atoms with Crippen LogP contribution in [0.5, 0.6) is 0 Å². The molecule has 0 aliphatic heterocycles. The number of carbonyl (C=O) groups excluding carboxylic acids is 1. The maximum absolute atomic E-state index is 12.9. The summed E-state index contributed by atoms with van der Waals surface area (Å²) >= 11 is 0. The van der Waals surface area contributed by atoms with Crippen molar-refractivity contribution < 1.29 is 18.0 Å². The zero-order chi connectivity index (χ0) is 18.2. The second-order valence-electron chi connectivity index (χ2n) is 5.15. The molecule has 1 amide bonds. The first kappa shape index (κ1) is 16.6. The predicted molar refractivity (Wildman–Crippen MR) is 80.6 cm³/mol. The minimum atomic E-state index is -4.61. The zero-order valence-electron chi connectivity index (χ0n) is 12.8. The monoisotopic (exact) mass is 352 g/mol. The number of halogens is 3. The molecule has 1 N–H and O–H groups in total. The molecule has 0 unspecified atom stereocenters. The van der Waals surface area contributed by atoms with Crippen molar-refractivity contribution in [2.24, 2.45) is 7.05 Å². The van der Waals surface area contributed by atoms with Crippen LogP contribution >= 0.6 is 0 Å². The Morgan fingerprint density at radius 1 is 1.28 bits per heavy atom. The molecule has 0 spiro atoms. The molecular formula is C14H11F3N6O2. The van der Waals surface area contributed by atoms with Crippen LogP contribution in [0.4, 0.5) is 18.9 Å². The predicted octanol–water partition coefficient (Wildman–Crippen LogP) is 1.18. The van der Waals surface area contributed by atoms with Gasteiger partial charge < -0.3 is 5.32 Å². The number of aryl methyl sites for hydroxylation is 1. The molecule has 0 fully saturated rings. The molecule has 3 aromatic rings. The van der Waals surface area contributed by atoms with E-state index in [9.17, 15) is 22.8 Å². The second-order valence-corrected chi connectivity index (χ2v) is 5.15. The highest BCUT2D eigenvalue weighted by Gasteiger charge is 2.33. The number of fused-ring (bicyclic) bond motifs is 1. The molecule has 1 aromatic carbocycles. The van der Waals surface area contributed by atoms with Gasteiger partial charge in [0.05, 0.1) is 11.3 Å². The van der Waals surface area contributed by atoms with E-state index in [4.69, 9.17) is 0 Å². The Kier molecular flexibility index (Phi) is 3.99. The Morgan fingerprint density at radius 2 is 2.00 bits per heavy atom. The largest absolute Gasteiger partial charge is 0.418 e. The van der Waals surface area contributed by atoms with Gasteiger partial charge in [0.25, 0.3) is 5.56 Å². The third kappa shape index (κ3) is 3.20. The van der Waals surface area contributed by atoms with Crippen molar-refractivity contribution in [1.29, 1.82) is 0 Å². The van der Waals surface area contributed by atoms with Crippen molar-refractivity contribution in [1.82, 2.24) is 24.5 Å². The second kappa shape index (κ2) is 6.00. The highest BCUT2D eigenvalue weighted by molar-refractivity contribution is 5.91. The first-order valence-electron chi connectivity index (χ1n) is 6.98. The lowest BCUT2D eigenvalue weighted by Crippen LogP contribution is -2.28. The van der Waals surface area contributed by atoms with Crippen LogP contribution in [0.1, 0.15) is 5.56 Å². The van der Waals surface area contributed by atoms with Crippen LogP contribution in [0.3, 0.4) is 0 Å². The summed E-state index contributed by atoms with van der Waals surface area (Å²) in [5.74, 6) is -0.802. The lowest BCUT2D eigenvalue weighted by Gasteiger charge is -2.13. The van der Waals surface area contributed by atoms with Crippen LogP contribution in [-0.4, -0.2) is 30.5 Å². The number of nitrogens with one attached hydrogen (secondary N) is 1. The van der Waals surface area contributed by atoms with Crippen molar-refractivity contribution in [2.45, 2.75) is 12.7 Å². The summed E-state index contributed by atoms with van der Waals surface area (Å²) in [4.78, 5) is 28.2. The molecule has 25 heavy (non-hydrogen) atoms. The molecule has 2 heterocycles. The van der Waals surface area contributed by atoms with E-state index in [0.717, 1.165) is 23.0 Å². The summed E-state index contributed by atoms with van der Waals surface area (Å²) in [5.41, 5.74) is -1.77. The minimum absolute atomic E-state index is 0.0338. The quantitative estimate of drug-likeness (QED) is 0.764. The third-order valence-electron chi connectivity index (χ3n) is 3.40. The van der Waals surface area contributed by atoms with E-state index in [1.165, 1.54) is 16.8 Å². The highest BCUT2D eigenvalue weighted by Crippen LogP contribution is 2.34. The van der Waals surface area contributed by atoms with Gasteiger partial charge in [-0.15, -0.1) is 5.10 Å². The summed E-state index contributed by atoms with van der Waals surface area (Å²) in [6, 6.07) is 4.57. The Morgan fingerprint density at radius 3 is 2.72 bits per heavy atom. The van der Waals surface area contributed by atoms with Gasteiger partial charge in [0.2, 0.25) is 5.91 Å². The average molecular weight is 352 g/mol. The molecule has 0 atom stereocenters. The van der Waals surface area contributed by atoms with Gasteiger partial charge >= 0.3 is 6.18 Å². The Labute approximate surface area is 137 Å². The summed E-state index contributed by atoms with van der Waals surface area (Å²) in [6.07, 6.45) is -3.50. The van der Waals surface area contributed by atoms with Crippen molar-refractivity contribution >= 4 is 22.8 Å². The van der Waals surface area contributed by atoms with Gasteiger partial charge in [-0.05, 0) is 12.1 Å². The maximum Gasteiger partial charge on any atom is 0.418 e. The Bertz CT molecular complexity index is 1010. The number of benzene rings is 1. The number of aromatic nitrogens is 5. The van der Waals surface area contributed by atoms with Gasteiger partial charge in [0.15, 0.2) is 11.2 Å². The Hall–Kier alpha value is -3.24. The van der Waals surface area contributed by atoms with Crippen LogP contribution in [0.25, 0.3) is 11.2 Å². The fraction of sp³-hybridized carbons (Fsp3) is 0.214. The van der Waals surface area contributed by atoms with Crippen LogP contribution in [0.2, 0.25) is 0 Å². The van der Waals surface area contributed by atoms with E-state index in [1.807, 2.05) is 0 Å². The van der Waals surface area contributed by atoms with E-state index in [1.54, 1.807) is 7.05 Å². The van der Waals surface area contributed by atoms with Crippen LogP contribution in [-0.2, 0) is 24.6 Å². The maximum atomic E-state index is 12.9. The van der Waals surface area contributed by atoms with Crippen molar-refractivity contribution in [2.75, 3.05) is 5.32 Å². The lowest BCUT2D eigenvalue weighted by atomic mass is 10.1. The first-order valence-corrected chi connectivity index (χ1v) is 6.98. The molecule has 0 aliphatic carbocycles. The summed E-state index contributed by atoms with van der Waals surface area (Å²) in [6.45, 7) is -0.509. The van der Waals surface area contributed by atoms with E-state index < -0.39 is 29.8 Å². The molecule has 130 valence electrons. The molecule has 0 saturated heterocycles. The van der Waals surface area contributed by atoms with E-state index in [-0.39, 0.29) is 16.9 Å². The third-order valence-corrected chi connectivity index (χ3v) is 3.40. The van der Waals surface area contributed by atoms with Crippen LogP contribution < -0.4 is 10.9 Å². The number of hydrogen-bond donors (Lipinski definition) is 1. The number of alkyl halides is 3. The fourth-order valence-corrected chi connectivity index (χ4v) is 2.24. The SMILES string of the molecule is Cn1nnc2c(=O)n(CC(=O)Nc3ccccc3C(F)(F)F)cnc21. The van der Waals surface area contributed by atoms with Gasteiger partial charge in [0.1, 0.15) is 12.9 Å². The molecular weight excluding hydrogens is 341 g/mol. The van der Waals surface area contributed by atoms with Gasteiger partial charge in [-0.25, -0.2) is 9.67 Å². The summed E-state index contributed by atoms with van der Waals surface area (Å²) in [5, 5.41) is 9.46. The normalized spacial score (nSPS) is 11.7. The number of anilines is 1. The molecule has 3 rings (SSSR count). The smallest absolute Gasteiger partial charge is 0.324 e. The minimum Gasteiger partial charge on any atom is -0.324 e. The average Bonchev–Trinajstić information content (AvgIpc) is 2.91. The standard InChI is InChI=1S/C14H11F3N6O2/c1-22-12-11(20-21-22)13(25)23(7-18-12)6-10(24)19-9-5-3-2-4-8(9)14(15,16)17/h2-5,7H,6H2,1H3,(H,19,24). The fourth-order valence-electron chi connectivity index (χ4n) is 2.24. The van der Waals surface area contributed by atoms with Gasteiger partial charge in [-0.3, -0.25) is 14.2 Å². The van der Waals surface area contributed by atoms with Crippen molar-refractivity contribution in [3.05, 3.63) is 46.5 Å². The highest BCUT2D eigenvalue weighted by atomic mass is 19.4. The van der Waals surface area contributed by atoms with E-state index in [0.29, 0.717) is 0 Å². The lowest BCUT2D eigenvalue weighted by molar-refractivity contribution is -0.137. The number of amides is 1. The summed E-state index contributed by atoms with van der Waals surface area (Å²) < 4.78 is 41.0. The van der Waals surface area contributed by atoms with Gasteiger partial charge in [-0.1, -0.05) is 17.3 Å². The number of rotatable bonds is 3. The van der Waals surface area contributed by atoms with Crippen molar-refractivity contribution in [3.63, 3.8) is 0 Å². The topological polar surface area (TPSA) is 94.7 Å². The Balaban J connectivity index is 1.85. The van der Waals surface area contributed by atoms with Gasteiger partial charge in [-0.2, -0.15) is 13.2 Å². The molecule has 8 nitrogen and oxygen atoms in total. The van der Waals surface area contributed by atoms with Crippen LogP contribution in [0.15, 0.2) is 35.4 Å². The molecule has 0 radical (unpaired) electrons. The number of carbonyl (C=O) groups is 1. The molecule has 0 bridgehead atoms. The van der Waals surface area contributed by atoms with E-state index >= 15 is 0 Å². The number of hydrogen-bond acceptors (Lipinski definition) is 5. The molecule has 0 saturated carbocycles. The van der Waals surface area contributed by atoms with Crippen LogP contribution in [0, 0.1) is 0 Å². The van der Waals surface area contributed by atoms with E-state index in [2.05, 4.69) is 20.6 Å². The van der Waals surface area contributed by atoms with Crippen molar-refractivity contribution in [3.8, 4) is 0 Å². The molecule has 11 heteroatoms. The zero-order valence-corrected chi connectivity index (χ0v) is 12.8. The first-order chi connectivity index (χ1) is 11.8. The number of para-hydroxylation sites is 1. The molecule has 2 aromatic heterocycles. The number of nitrogens with zero attached hydrogens (tertiary/aromatic N) is 5.